The van der Waals surface area contributed by atoms with Crippen LogP contribution in [0.2, 0.25) is 23.2 Å². The van der Waals surface area contributed by atoms with E-state index < -0.39 is 8.07 Å². The van der Waals surface area contributed by atoms with Crippen molar-refractivity contribution < 1.29 is 0 Å². The third kappa shape index (κ3) is 3.21. The van der Waals surface area contributed by atoms with Gasteiger partial charge in [-0.1, -0.05) is 84.7 Å². The second kappa shape index (κ2) is 6.85. The van der Waals surface area contributed by atoms with Crippen molar-refractivity contribution in [3.63, 3.8) is 0 Å². The zero-order chi connectivity index (χ0) is 15.4. The highest BCUT2D eigenvalue weighted by molar-refractivity contribution is 6.92. The first kappa shape index (κ1) is 15.6. The van der Waals surface area contributed by atoms with Gasteiger partial charge in [-0.05, 0) is 41.8 Å². The molecule has 0 amide bonds. The fraction of sp³-hybridized carbons (Fsp3) is 0.300. The van der Waals surface area contributed by atoms with Crippen molar-refractivity contribution in [1.29, 1.82) is 0 Å². The van der Waals surface area contributed by atoms with Crippen molar-refractivity contribution >= 4 is 30.4 Å². The maximum atomic E-state index is 6.00. The van der Waals surface area contributed by atoms with Crippen LogP contribution >= 0.6 is 11.6 Å². The van der Waals surface area contributed by atoms with E-state index >= 15 is 0 Å². The van der Waals surface area contributed by atoms with E-state index in [-0.39, 0.29) is 0 Å². The van der Waals surface area contributed by atoms with Crippen LogP contribution in [0.25, 0.3) is 5.57 Å². The summed E-state index contributed by atoms with van der Waals surface area (Å²) < 4.78 is 0. The number of rotatable bonds is 4. The maximum Gasteiger partial charge on any atom is 0.0907 e. The fourth-order valence-corrected chi connectivity index (χ4v) is 8.57. The zero-order valence-electron chi connectivity index (χ0n) is 13.2. The number of benzene rings is 2. The Labute approximate surface area is 139 Å². The number of hydrogen-bond donors (Lipinski definition) is 0. The van der Waals surface area contributed by atoms with E-state index in [0.717, 1.165) is 5.02 Å². The van der Waals surface area contributed by atoms with Gasteiger partial charge in [-0.25, -0.2) is 0 Å². The molecule has 0 fully saturated rings. The molecule has 22 heavy (non-hydrogen) atoms. The van der Waals surface area contributed by atoms with Crippen LogP contribution in [0.3, 0.4) is 0 Å². The minimum absolute atomic E-state index is 0.819. The highest BCUT2D eigenvalue weighted by Crippen LogP contribution is 2.36. The van der Waals surface area contributed by atoms with E-state index in [1.165, 1.54) is 42.1 Å². The molecule has 0 radical (unpaired) electrons. The maximum absolute atomic E-state index is 6.00. The van der Waals surface area contributed by atoms with Crippen molar-refractivity contribution in [3.05, 3.63) is 71.3 Å². The molecular weight excluding hydrogens is 304 g/mol. The molecule has 1 heterocycles. The lowest BCUT2D eigenvalue weighted by Gasteiger charge is -2.35. The molecule has 2 aromatic carbocycles. The summed E-state index contributed by atoms with van der Waals surface area (Å²) in [6, 6.07) is 23.7. The normalized spacial score (nSPS) is 21.5. The van der Waals surface area contributed by atoms with E-state index in [4.69, 9.17) is 11.6 Å². The molecule has 0 saturated carbocycles. The van der Waals surface area contributed by atoms with Gasteiger partial charge in [0, 0.05) is 5.02 Å². The molecule has 114 valence electrons. The van der Waals surface area contributed by atoms with Crippen LogP contribution in [0.4, 0.5) is 0 Å². The molecule has 1 aliphatic rings. The minimum Gasteiger partial charge on any atom is -0.0843 e. The fourth-order valence-electron chi connectivity index (χ4n) is 3.73. The SMILES string of the molecule is CCC[Si]1(c2ccccc2)CC=C(c2ccc(Cl)cc2)CC1. The van der Waals surface area contributed by atoms with Crippen LogP contribution in [-0.2, 0) is 0 Å². The summed E-state index contributed by atoms with van der Waals surface area (Å²) in [7, 11) is -1.35. The second-order valence-corrected chi connectivity index (χ2v) is 11.3. The van der Waals surface area contributed by atoms with Gasteiger partial charge in [0.05, 0.1) is 8.07 Å². The van der Waals surface area contributed by atoms with E-state index in [9.17, 15) is 0 Å². The van der Waals surface area contributed by atoms with Crippen LogP contribution in [0.5, 0.6) is 0 Å². The van der Waals surface area contributed by atoms with Crippen LogP contribution in [-0.4, -0.2) is 8.07 Å². The van der Waals surface area contributed by atoms with Crippen LogP contribution < -0.4 is 5.19 Å². The Kier molecular flexibility index (Phi) is 4.85. The Morgan fingerprint density at radius 2 is 1.73 bits per heavy atom. The third-order valence-electron chi connectivity index (χ3n) is 4.94. The summed E-state index contributed by atoms with van der Waals surface area (Å²) >= 11 is 6.00. The van der Waals surface area contributed by atoms with E-state index in [2.05, 4.69) is 55.5 Å². The Morgan fingerprint density at radius 1 is 1.00 bits per heavy atom. The number of hydrogen-bond acceptors (Lipinski definition) is 0. The lowest BCUT2D eigenvalue weighted by molar-refractivity contribution is 1.00. The van der Waals surface area contributed by atoms with E-state index in [1.807, 2.05) is 12.1 Å². The first-order valence-corrected chi connectivity index (χ1v) is 11.2. The summed E-state index contributed by atoms with van der Waals surface area (Å²) in [6.07, 6.45) is 5.02. The van der Waals surface area contributed by atoms with Crippen molar-refractivity contribution in [3.8, 4) is 0 Å². The molecule has 1 atom stereocenters. The summed E-state index contributed by atoms with van der Waals surface area (Å²) in [5, 5.41) is 2.46. The molecule has 2 heteroatoms. The Balaban J connectivity index is 1.87. The first-order chi connectivity index (χ1) is 10.7. The Bertz CT molecular complexity index is 645. The van der Waals surface area contributed by atoms with Crippen molar-refractivity contribution in [2.75, 3.05) is 0 Å². The zero-order valence-corrected chi connectivity index (χ0v) is 14.9. The molecule has 0 spiro atoms. The van der Waals surface area contributed by atoms with Gasteiger partial charge in [-0.3, -0.25) is 0 Å². The lowest BCUT2D eigenvalue weighted by atomic mass is 10.0. The van der Waals surface area contributed by atoms with Crippen molar-refractivity contribution in [1.82, 2.24) is 0 Å². The van der Waals surface area contributed by atoms with Gasteiger partial charge in [0.25, 0.3) is 0 Å². The van der Waals surface area contributed by atoms with E-state index in [1.54, 1.807) is 5.19 Å². The minimum atomic E-state index is -1.35. The van der Waals surface area contributed by atoms with Crippen LogP contribution in [0.15, 0.2) is 60.7 Å². The molecule has 0 aliphatic carbocycles. The van der Waals surface area contributed by atoms with Gasteiger partial charge in [0.1, 0.15) is 0 Å². The van der Waals surface area contributed by atoms with Gasteiger partial charge in [-0.15, -0.1) is 0 Å². The molecule has 0 aromatic heterocycles. The smallest absolute Gasteiger partial charge is 0.0843 e. The average Bonchev–Trinajstić information content (AvgIpc) is 2.57. The molecule has 0 N–H and O–H groups in total. The van der Waals surface area contributed by atoms with Crippen molar-refractivity contribution in [2.24, 2.45) is 0 Å². The van der Waals surface area contributed by atoms with Gasteiger partial charge >= 0.3 is 0 Å². The summed E-state index contributed by atoms with van der Waals surface area (Å²) in [4.78, 5) is 0. The topological polar surface area (TPSA) is 0 Å². The molecule has 2 aromatic rings. The third-order valence-corrected chi connectivity index (χ3v) is 10.4. The predicted molar refractivity (Wildman–Crippen MR) is 101 cm³/mol. The average molecular weight is 327 g/mol. The Morgan fingerprint density at radius 3 is 2.32 bits per heavy atom. The van der Waals surface area contributed by atoms with Crippen LogP contribution in [0, 0.1) is 0 Å². The van der Waals surface area contributed by atoms with E-state index in [0.29, 0.717) is 0 Å². The highest BCUT2D eigenvalue weighted by atomic mass is 35.5. The van der Waals surface area contributed by atoms with Gasteiger partial charge in [0.15, 0.2) is 0 Å². The molecular formula is C20H23ClSi. The quantitative estimate of drug-likeness (QED) is 0.614. The molecule has 0 saturated heterocycles. The summed E-state index contributed by atoms with van der Waals surface area (Å²) in [6.45, 7) is 2.33. The van der Waals surface area contributed by atoms with Gasteiger partial charge < -0.3 is 0 Å². The monoisotopic (exact) mass is 326 g/mol. The van der Waals surface area contributed by atoms with Gasteiger partial charge in [-0.2, -0.15) is 0 Å². The standard InChI is InChI=1S/C20H23ClSi/c1-2-14-22(20-6-4-3-5-7-20)15-12-18(13-16-22)17-8-10-19(21)11-9-17/h3-12H,2,13-16H2,1H3. The molecule has 3 rings (SSSR count). The largest absolute Gasteiger partial charge is 0.0907 e. The first-order valence-electron chi connectivity index (χ1n) is 8.24. The van der Waals surface area contributed by atoms with Crippen molar-refractivity contribution in [2.45, 2.75) is 37.9 Å². The number of allylic oxidation sites excluding steroid dienone is 2. The summed E-state index contributed by atoms with van der Waals surface area (Å²) in [5.74, 6) is 0. The summed E-state index contributed by atoms with van der Waals surface area (Å²) in [5.41, 5.74) is 2.85. The highest BCUT2D eigenvalue weighted by Gasteiger charge is 2.35. The predicted octanol–water partition coefficient (Wildman–Crippen LogP) is 5.89. The molecule has 0 bridgehead atoms. The lowest BCUT2D eigenvalue weighted by Crippen LogP contribution is -2.48. The second-order valence-electron chi connectivity index (χ2n) is 6.34. The number of halogens is 1. The van der Waals surface area contributed by atoms with Crippen LogP contribution in [0.1, 0.15) is 25.3 Å². The molecule has 1 aliphatic heterocycles. The molecule has 0 nitrogen and oxygen atoms in total. The Hall–Kier alpha value is -1.31. The molecule has 1 unspecified atom stereocenters. The van der Waals surface area contributed by atoms with Gasteiger partial charge in [0.2, 0.25) is 0 Å².